The minimum Gasteiger partial charge on any atom is -0.352 e. The highest BCUT2D eigenvalue weighted by Crippen LogP contribution is 2.44. The molecule has 172 valence electrons. The fourth-order valence-corrected chi connectivity index (χ4v) is 5.49. The van der Waals surface area contributed by atoms with Crippen LogP contribution in [-0.2, 0) is 6.54 Å². The van der Waals surface area contributed by atoms with E-state index in [1.165, 1.54) is 22.5 Å². The summed E-state index contributed by atoms with van der Waals surface area (Å²) in [5, 5.41) is 4.98. The number of aromatic nitrogens is 3. The van der Waals surface area contributed by atoms with Crippen LogP contribution in [0.1, 0.15) is 46.0 Å². The van der Waals surface area contributed by atoms with Gasteiger partial charge in [-0.15, -0.1) is 0 Å². The zero-order valence-electron chi connectivity index (χ0n) is 19.4. The Bertz CT molecular complexity index is 1340. The van der Waals surface area contributed by atoms with Crippen molar-refractivity contribution in [2.45, 2.75) is 39.4 Å². The molecule has 7 heteroatoms. The van der Waals surface area contributed by atoms with E-state index in [9.17, 15) is 0 Å². The third kappa shape index (κ3) is 3.97. The number of nitrogens with zero attached hydrogens (tertiary/aromatic N) is 4. The van der Waals surface area contributed by atoms with Gasteiger partial charge in [-0.2, -0.15) is 0 Å². The Morgan fingerprint density at radius 3 is 2.38 bits per heavy atom. The molecule has 5 nitrogen and oxygen atoms in total. The molecule has 1 aromatic carbocycles. The summed E-state index contributed by atoms with van der Waals surface area (Å²) in [5.41, 5.74) is 7.82. The van der Waals surface area contributed by atoms with Crippen LogP contribution in [0.2, 0.25) is 5.02 Å². The molecule has 5 rings (SSSR count). The standard InChI is InChI=1S/C27H26ClN5S/c1-17-18(2)33(22-11-8-9-20(28)15-22)19(3)24(17)26-25(23-12-5-7-14-30-23)31-27(34)32(26)16-21-10-4-6-13-29-21/h4-15,25-26H,16H2,1-3H3,(H,31,34)/t25-,26+/m0/s1. The second-order valence-electron chi connectivity index (χ2n) is 8.60. The van der Waals surface area contributed by atoms with Gasteiger partial charge in [-0.1, -0.05) is 29.8 Å². The maximum Gasteiger partial charge on any atom is 0.170 e. The van der Waals surface area contributed by atoms with Gasteiger partial charge in [-0.05, 0) is 81.0 Å². The zero-order chi connectivity index (χ0) is 23.8. The summed E-state index contributed by atoms with van der Waals surface area (Å²) in [6, 6.07) is 19.9. The fourth-order valence-electron chi connectivity index (χ4n) is 5.00. The van der Waals surface area contributed by atoms with Gasteiger partial charge in [-0.25, -0.2) is 0 Å². The quantitative estimate of drug-likeness (QED) is 0.349. The summed E-state index contributed by atoms with van der Waals surface area (Å²) in [6.07, 6.45) is 3.66. The van der Waals surface area contributed by atoms with E-state index in [1.54, 1.807) is 0 Å². The number of nitrogens with one attached hydrogen (secondary N) is 1. The van der Waals surface area contributed by atoms with Gasteiger partial charge in [0.1, 0.15) is 0 Å². The van der Waals surface area contributed by atoms with Crippen molar-refractivity contribution in [1.29, 1.82) is 0 Å². The molecule has 4 heterocycles. The molecule has 0 saturated carbocycles. The Balaban J connectivity index is 1.67. The smallest absolute Gasteiger partial charge is 0.170 e. The monoisotopic (exact) mass is 487 g/mol. The molecule has 0 amide bonds. The highest BCUT2D eigenvalue weighted by Gasteiger charge is 2.42. The maximum atomic E-state index is 6.35. The number of hydrogen-bond donors (Lipinski definition) is 1. The van der Waals surface area contributed by atoms with E-state index in [2.05, 4.69) is 57.7 Å². The van der Waals surface area contributed by atoms with Crippen molar-refractivity contribution in [2.75, 3.05) is 0 Å². The van der Waals surface area contributed by atoms with E-state index in [1.807, 2.05) is 60.9 Å². The third-order valence-corrected chi connectivity index (χ3v) is 7.21. The van der Waals surface area contributed by atoms with Crippen LogP contribution in [0.3, 0.4) is 0 Å². The normalized spacial score (nSPS) is 17.8. The van der Waals surface area contributed by atoms with Crippen LogP contribution in [0.5, 0.6) is 0 Å². The molecule has 1 saturated heterocycles. The Morgan fingerprint density at radius 1 is 0.941 bits per heavy atom. The van der Waals surface area contributed by atoms with Crippen LogP contribution >= 0.6 is 23.8 Å². The second kappa shape index (κ2) is 9.20. The highest BCUT2D eigenvalue weighted by molar-refractivity contribution is 7.80. The number of pyridine rings is 2. The zero-order valence-corrected chi connectivity index (χ0v) is 20.9. The predicted octanol–water partition coefficient (Wildman–Crippen LogP) is 6.02. The van der Waals surface area contributed by atoms with Crippen molar-refractivity contribution < 1.29 is 0 Å². The average Bonchev–Trinajstić information content (AvgIpc) is 3.27. The Kier molecular flexibility index (Phi) is 6.11. The fraction of sp³-hybridized carbons (Fsp3) is 0.222. The number of halogens is 1. The summed E-state index contributed by atoms with van der Waals surface area (Å²) in [5.74, 6) is 0. The second-order valence-corrected chi connectivity index (χ2v) is 9.42. The molecular weight excluding hydrogens is 462 g/mol. The van der Waals surface area contributed by atoms with Gasteiger partial charge in [0.05, 0.1) is 30.0 Å². The van der Waals surface area contributed by atoms with Crippen molar-refractivity contribution in [3.8, 4) is 5.69 Å². The number of thiocarbonyl (C=S) groups is 1. The molecular formula is C27H26ClN5S. The molecule has 34 heavy (non-hydrogen) atoms. The summed E-state index contributed by atoms with van der Waals surface area (Å²) in [4.78, 5) is 11.5. The molecule has 1 aliphatic heterocycles. The third-order valence-electron chi connectivity index (χ3n) is 6.63. The molecule has 1 N–H and O–H groups in total. The first kappa shape index (κ1) is 22.6. The summed E-state index contributed by atoms with van der Waals surface area (Å²) in [6.45, 7) is 7.13. The lowest BCUT2D eigenvalue weighted by atomic mass is 9.93. The first-order valence-electron chi connectivity index (χ1n) is 11.3. The van der Waals surface area contributed by atoms with Crippen LogP contribution in [-0.4, -0.2) is 24.5 Å². The largest absolute Gasteiger partial charge is 0.352 e. The van der Waals surface area contributed by atoms with Crippen LogP contribution < -0.4 is 5.32 Å². The van der Waals surface area contributed by atoms with Gasteiger partial charge >= 0.3 is 0 Å². The summed E-state index contributed by atoms with van der Waals surface area (Å²) >= 11 is 12.2. The highest BCUT2D eigenvalue weighted by atomic mass is 35.5. The summed E-state index contributed by atoms with van der Waals surface area (Å²) < 4.78 is 2.28. The van der Waals surface area contributed by atoms with Crippen molar-refractivity contribution in [3.05, 3.63) is 112 Å². The minimum absolute atomic E-state index is 0.0384. The number of hydrogen-bond acceptors (Lipinski definition) is 3. The average molecular weight is 488 g/mol. The van der Waals surface area contributed by atoms with E-state index in [0.29, 0.717) is 11.7 Å². The lowest BCUT2D eigenvalue weighted by molar-refractivity contribution is 0.306. The molecule has 0 bridgehead atoms. The lowest BCUT2D eigenvalue weighted by Gasteiger charge is -2.28. The predicted molar refractivity (Wildman–Crippen MR) is 140 cm³/mol. The van der Waals surface area contributed by atoms with Gasteiger partial charge in [0.25, 0.3) is 0 Å². The van der Waals surface area contributed by atoms with Crippen LogP contribution in [0.15, 0.2) is 73.1 Å². The molecule has 3 aromatic heterocycles. The molecule has 0 unspecified atom stereocenters. The van der Waals surface area contributed by atoms with E-state index in [0.717, 1.165) is 22.1 Å². The molecule has 0 radical (unpaired) electrons. The van der Waals surface area contributed by atoms with Gasteiger partial charge in [-0.3, -0.25) is 9.97 Å². The van der Waals surface area contributed by atoms with E-state index in [4.69, 9.17) is 23.8 Å². The van der Waals surface area contributed by atoms with Gasteiger partial charge < -0.3 is 14.8 Å². The first-order chi connectivity index (χ1) is 16.5. The first-order valence-corrected chi connectivity index (χ1v) is 12.1. The van der Waals surface area contributed by atoms with Crippen LogP contribution in [0.25, 0.3) is 5.69 Å². The molecule has 0 aliphatic carbocycles. The van der Waals surface area contributed by atoms with Crippen molar-refractivity contribution in [1.82, 2.24) is 24.8 Å². The Morgan fingerprint density at radius 2 is 1.71 bits per heavy atom. The van der Waals surface area contributed by atoms with Gasteiger partial charge in [0.2, 0.25) is 0 Å². The van der Waals surface area contributed by atoms with Crippen LogP contribution in [0, 0.1) is 20.8 Å². The van der Waals surface area contributed by atoms with Crippen molar-refractivity contribution in [3.63, 3.8) is 0 Å². The molecule has 4 aromatic rings. The molecule has 1 aliphatic rings. The van der Waals surface area contributed by atoms with E-state index in [-0.39, 0.29) is 12.1 Å². The van der Waals surface area contributed by atoms with Gasteiger partial charge in [0.15, 0.2) is 5.11 Å². The van der Waals surface area contributed by atoms with Crippen LogP contribution in [0.4, 0.5) is 0 Å². The SMILES string of the molecule is Cc1c([C@@H]2[C@H](c3ccccn3)NC(=S)N2Cc2ccccn2)c(C)n(-c2cccc(Cl)c2)c1C. The van der Waals surface area contributed by atoms with E-state index < -0.39 is 0 Å². The van der Waals surface area contributed by atoms with E-state index >= 15 is 0 Å². The molecule has 2 atom stereocenters. The van der Waals surface area contributed by atoms with Gasteiger partial charge in [0, 0.05) is 40.1 Å². The maximum absolute atomic E-state index is 6.35. The Labute approximate surface area is 210 Å². The molecule has 0 spiro atoms. The lowest BCUT2D eigenvalue weighted by Crippen LogP contribution is -2.30. The summed E-state index contributed by atoms with van der Waals surface area (Å²) in [7, 11) is 0. The number of rotatable bonds is 5. The Hall–Kier alpha value is -3.22. The minimum atomic E-state index is -0.0792. The van der Waals surface area contributed by atoms with Crippen molar-refractivity contribution in [2.24, 2.45) is 0 Å². The molecule has 1 fully saturated rings. The van der Waals surface area contributed by atoms with Crippen molar-refractivity contribution >= 4 is 28.9 Å². The number of benzene rings is 1. The topological polar surface area (TPSA) is 46.0 Å².